The van der Waals surface area contributed by atoms with Gasteiger partial charge >= 0.3 is 0 Å². The molecule has 0 radical (unpaired) electrons. The molecule has 2 aromatic heterocycles. The standard InChI is InChI=1S/C27H28N6O3/c1-20-10-11-23(24(17-20)33(35)36)29-27(34)26(21-7-3-2-4-8-21)31-15-13-30(14-16-31)18-22-19-32-12-6-5-9-25(32)28-22/h2-12,17,19,26H,13-16,18H2,1H3,(H,29,34)/t26-/m1/s1. The van der Waals surface area contributed by atoms with Crippen molar-refractivity contribution in [3.63, 3.8) is 0 Å². The normalized spacial score (nSPS) is 15.6. The SMILES string of the molecule is Cc1ccc(NC(=O)[C@@H](c2ccccc2)N2CCN(Cc3cn4ccccc4n3)CC2)c([N+](=O)[O-])c1. The Morgan fingerprint density at radius 3 is 2.53 bits per heavy atom. The van der Waals surface area contributed by atoms with Crippen molar-refractivity contribution in [3.8, 4) is 0 Å². The number of carbonyl (C=O) groups is 1. The van der Waals surface area contributed by atoms with Crippen LogP contribution in [0.15, 0.2) is 79.1 Å². The van der Waals surface area contributed by atoms with E-state index < -0.39 is 11.0 Å². The van der Waals surface area contributed by atoms with Crippen molar-refractivity contribution in [1.29, 1.82) is 0 Å². The third-order valence-corrected chi connectivity index (χ3v) is 6.54. The van der Waals surface area contributed by atoms with Gasteiger partial charge in [-0.1, -0.05) is 42.5 Å². The molecule has 0 saturated carbocycles. The molecule has 9 nitrogen and oxygen atoms in total. The summed E-state index contributed by atoms with van der Waals surface area (Å²) in [5.41, 5.74) is 3.67. The molecule has 1 N–H and O–H groups in total. The van der Waals surface area contributed by atoms with Crippen LogP contribution in [-0.4, -0.2) is 56.2 Å². The van der Waals surface area contributed by atoms with Crippen LogP contribution in [-0.2, 0) is 11.3 Å². The molecule has 36 heavy (non-hydrogen) atoms. The number of nitrogens with zero attached hydrogens (tertiary/aromatic N) is 5. The number of aromatic nitrogens is 2. The zero-order valence-electron chi connectivity index (χ0n) is 20.1. The summed E-state index contributed by atoms with van der Waals surface area (Å²) >= 11 is 0. The van der Waals surface area contributed by atoms with Gasteiger partial charge in [-0.3, -0.25) is 24.7 Å². The van der Waals surface area contributed by atoms with Gasteiger partial charge in [-0.2, -0.15) is 0 Å². The molecule has 5 rings (SSSR count). The summed E-state index contributed by atoms with van der Waals surface area (Å²) in [6.07, 6.45) is 4.04. The van der Waals surface area contributed by atoms with E-state index in [1.54, 1.807) is 19.1 Å². The molecule has 184 valence electrons. The van der Waals surface area contributed by atoms with Crippen LogP contribution in [0, 0.1) is 17.0 Å². The summed E-state index contributed by atoms with van der Waals surface area (Å²) in [7, 11) is 0. The Kier molecular flexibility index (Phi) is 6.75. The summed E-state index contributed by atoms with van der Waals surface area (Å²) < 4.78 is 2.02. The minimum Gasteiger partial charge on any atom is -0.319 e. The number of amides is 1. The molecular formula is C27H28N6O3. The third-order valence-electron chi connectivity index (χ3n) is 6.54. The largest absolute Gasteiger partial charge is 0.319 e. The lowest BCUT2D eigenvalue weighted by Crippen LogP contribution is -2.49. The van der Waals surface area contributed by atoms with Crippen molar-refractivity contribution < 1.29 is 9.72 Å². The minimum atomic E-state index is -0.551. The molecule has 1 fully saturated rings. The van der Waals surface area contributed by atoms with Crippen molar-refractivity contribution in [3.05, 3.63) is 106 Å². The van der Waals surface area contributed by atoms with Gasteiger partial charge in [0, 0.05) is 51.2 Å². The summed E-state index contributed by atoms with van der Waals surface area (Å²) in [6.45, 7) is 5.49. The highest BCUT2D eigenvalue weighted by Crippen LogP contribution is 2.29. The van der Waals surface area contributed by atoms with E-state index in [0.717, 1.165) is 42.1 Å². The number of hydrogen-bond donors (Lipinski definition) is 1. The second-order valence-corrected chi connectivity index (χ2v) is 9.09. The Morgan fingerprint density at radius 2 is 1.81 bits per heavy atom. The van der Waals surface area contributed by atoms with E-state index in [4.69, 9.17) is 4.98 Å². The maximum atomic E-state index is 13.5. The Hall–Kier alpha value is -4.08. The monoisotopic (exact) mass is 484 g/mol. The van der Waals surface area contributed by atoms with Crippen LogP contribution in [0.4, 0.5) is 11.4 Å². The van der Waals surface area contributed by atoms with Crippen molar-refractivity contribution in [2.45, 2.75) is 19.5 Å². The van der Waals surface area contributed by atoms with Gasteiger partial charge in [-0.05, 0) is 36.2 Å². The molecule has 1 saturated heterocycles. The van der Waals surface area contributed by atoms with Crippen molar-refractivity contribution in [2.24, 2.45) is 0 Å². The number of anilines is 1. The lowest BCUT2D eigenvalue weighted by Gasteiger charge is -2.38. The number of carbonyl (C=O) groups excluding carboxylic acids is 1. The van der Waals surface area contributed by atoms with Crippen LogP contribution in [0.5, 0.6) is 0 Å². The highest BCUT2D eigenvalue weighted by atomic mass is 16.6. The van der Waals surface area contributed by atoms with Gasteiger partial charge in [0.15, 0.2) is 0 Å². The van der Waals surface area contributed by atoms with Crippen molar-refractivity contribution in [1.82, 2.24) is 19.2 Å². The predicted molar refractivity (Wildman–Crippen MR) is 138 cm³/mol. The van der Waals surface area contributed by atoms with E-state index >= 15 is 0 Å². The van der Waals surface area contributed by atoms with E-state index in [1.165, 1.54) is 6.07 Å². The second-order valence-electron chi connectivity index (χ2n) is 9.09. The van der Waals surface area contributed by atoms with E-state index in [1.807, 2.05) is 59.1 Å². The molecule has 0 spiro atoms. The number of nitro benzene ring substituents is 1. The number of aryl methyl sites for hydroxylation is 1. The third kappa shape index (κ3) is 5.12. The molecule has 0 aliphatic carbocycles. The van der Waals surface area contributed by atoms with Gasteiger partial charge < -0.3 is 9.72 Å². The molecule has 1 amide bonds. The molecule has 1 aliphatic rings. The van der Waals surface area contributed by atoms with Gasteiger partial charge in [0.25, 0.3) is 5.69 Å². The smallest absolute Gasteiger partial charge is 0.293 e. The number of nitro groups is 1. The highest BCUT2D eigenvalue weighted by molar-refractivity contribution is 5.97. The number of fused-ring (bicyclic) bond motifs is 1. The fraction of sp³-hybridized carbons (Fsp3) is 0.259. The van der Waals surface area contributed by atoms with Crippen LogP contribution in [0.1, 0.15) is 22.9 Å². The van der Waals surface area contributed by atoms with E-state index in [-0.39, 0.29) is 17.3 Å². The summed E-state index contributed by atoms with van der Waals surface area (Å²) in [6, 6.07) is 19.8. The predicted octanol–water partition coefficient (Wildman–Crippen LogP) is 4.05. The number of nitrogens with one attached hydrogen (secondary N) is 1. The number of rotatable bonds is 7. The first kappa shape index (κ1) is 23.7. The average Bonchev–Trinajstić information content (AvgIpc) is 3.29. The number of pyridine rings is 1. The molecule has 1 atom stereocenters. The van der Waals surface area contributed by atoms with Gasteiger partial charge in [0.2, 0.25) is 5.91 Å². The molecular weight excluding hydrogens is 456 g/mol. The first-order valence-electron chi connectivity index (χ1n) is 12.0. The maximum absolute atomic E-state index is 13.5. The van der Waals surface area contributed by atoms with E-state index in [0.29, 0.717) is 13.1 Å². The van der Waals surface area contributed by atoms with Crippen molar-refractivity contribution in [2.75, 3.05) is 31.5 Å². The number of piperazine rings is 1. The van der Waals surface area contributed by atoms with Crippen LogP contribution >= 0.6 is 0 Å². The van der Waals surface area contributed by atoms with E-state index in [9.17, 15) is 14.9 Å². The topological polar surface area (TPSA) is 96.0 Å². The summed E-state index contributed by atoms with van der Waals surface area (Å²) in [5.74, 6) is -0.276. The lowest BCUT2D eigenvalue weighted by molar-refractivity contribution is -0.384. The molecule has 4 aromatic rings. The maximum Gasteiger partial charge on any atom is 0.293 e. The fourth-order valence-corrected chi connectivity index (χ4v) is 4.73. The Morgan fingerprint density at radius 1 is 1.06 bits per heavy atom. The van der Waals surface area contributed by atoms with Gasteiger partial charge in [0.05, 0.1) is 10.6 Å². The molecule has 9 heteroatoms. The zero-order chi connectivity index (χ0) is 25.1. The molecule has 2 aromatic carbocycles. The number of hydrogen-bond acceptors (Lipinski definition) is 6. The fourth-order valence-electron chi connectivity index (χ4n) is 4.73. The highest BCUT2D eigenvalue weighted by Gasteiger charge is 2.31. The van der Waals surface area contributed by atoms with E-state index in [2.05, 4.69) is 21.3 Å². The van der Waals surface area contributed by atoms with Crippen LogP contribution < -0.4 is 5.32 Å². The van der Waals surface area contributed by atoms with Crippen molar-refractivity contribution >= 4 is 22.9 Å². The molecule has 0 unspecified atom stereocenters. The molecule has 0 bridgehead atoms. The average molecular weight is 485 g/mol. The quantitative estimate of drug-likeness (QED) is 0.314. The molecule has 3 heterocycles. The van der Waals surface area contributed by atoms with Gasteiger partial charge in [-0.15, -0.1) is 0 Å². The van der Waals surface area contributed by atoms with Crippen LogP contribution in [0.25, 0.3) is 5.65 Å². The summed E-state index contributed by atoms with van der Waals surface area (Å²) in [4.78, 5) is 33.8. The van der Waals surface area contributed by atoms with Gasteiger partial charge in [0.1, 0.15) is 17.4 Å². The van der Waals surface area contributed by atoms with Gasteiger partial charge in [-0.25, -0.2) is 4.98 Å². The Balaban J connectivity index is 1.31. The second kappa shape index (κ2) is 10.3. The lowest BCUT2D eigenvalue weighted by atomic mass is 10.0. The minimum absolute atomic E-state index is 0.104. The Bertz CT molecular complexity index is 1350. The van der Waals surface area contributed by atoms with Crippen LogP contribution in [0.3, 0.4) is 0 Å². The summed E-state index contributed by atoms with van der Waals surface area (Å²) in [5, 5.41) is 14.4. The first-order chi connectivity index (χ1) is 17.5. The molecule has 1 aliphatic heterocycles. The Labute approximate surface area is 209 Å². The first-order valence-corrected chi connectivity index (χ1v) is 12.0. The van der Waals surface area contributed by atoms with Crippen LogP contribution in [0.2, 0.25) is 0 Å². The number of imidazole rings is 1. The zero-order valence-corrected chi connectivity index (χ0v) is 20.1. The number of benzene rings is 2.